The molecule has 12 heteroatoms. The maximum absolute atomic E-state index is 13.5. The number of piperazine rings is 1. The van der Waals surface area contributed by atoms with Gasteiger partial charge in [-0.3, -0.25) is 9.59 Å². The van der Waals surface area contributed by atoms with E-state index in [-0.39, 0.29) is 12.8 Å². The number of amides is 2. The van der Waals surface area contributed by atoms with Gasteiger partial charge in [-0.25, -0.2) is 14.1 Å². The van der Waals surface area contributed by atoms with Crippen molar-refractivity contribution in [1.29, 1.82) is 0 Å². The summed E-state index contributed by atoms with van der Waals surface area (Å²) in [5, 5.41) is 6.87. The monoisotopic (exact) mass is 454 g/mol. The van der Waals surface area contributed by atoms with Crippen LogP contribution >= 0.6 is 0 Å². The van der Waals surface area contributed by atoms with Gasteiger partial charge in [0.15, 0.2) is 11.6 Å². The van der Waals surface area contributed by atoms with Crippen molar-refractivity contribution in [2.75, 3.05) is 26.2 Å². The van der Waals surface area contributed by atoms with Gasteiger partial charge in [0.25, 0.3) is 0 Å². The van der Waals surface area contributed by atoms with Crippen LogP contribution in [0.25, 0.3) is 5.82 Å². The van der Waals surface area contributed by atoms with E-state index in [0.29, 0.717) is 29.4 Å². The molecule has 1 atom stereocenters. The maximum atomic E-state index is 13.5. The number of carbonyl (C=O) groups is 2. The van der Waals surface area contributed by atoms with Crippen LogP contribution in [0.15, 0.2) is 30.7 Å². The van der Waals surface area contributed by atoms with Crippen LogP contribution in [0.4, 0.5) is 17.6 Å². The summed E-state index contributed by atoms with van der Waals surface area (Å²) in [5.74, 6) is -1.38. The highest BCUT2D eigenvalue weighted by Crippen LogP contribution is 2.37. The zero-order chi connectivity index (χ0) is 23.1. The molecule has 2 aromatic rings. The molecule has 0 saturated carbocycles. The summed E-state index contributed by atoms with van der Waals surface area (Å²) in [6.45, 7) is 0.482. The molecule has 1 spiro atoms. The number of piperidine rings is 1. The second-order valence-electron chi connectivity index (χ2n) is 8.04. The minimum Gasteiger partial charge on any atom is -0.325 e. The number of nitrogens with one attached hydrogen (secondary N) is 1. The molecular weight excluding hydrogens is 432 g/mol. The normalized spacial score (nSPS) is 20.2. The Hall–Kier alpha value is -3.02. The van der Waals surface area contributed by atoms with E-state index in [2.05, 4.69) is 15.4 Å². The van der Waals surface area contributed by atoms with Gasteiger partial charge in [0.05, 0.1) is 18.4 Å². The number of pyridine rings is 1. The van der Waals surface area contributed by atoms with Gasteiger partial charge < -0.3 is 15.1 Å². The minimum absolute atomic E-state index is 0.110. The highest BCUT2D eigenvalue weighted by Gasteiger charge is 2.56. The van der Waals surface area contributed by atoms with Crippen molar-refractivity contribution < 1.29 is 27.2 Å². The van der Waals surface area contributed by atoms with E-state index in [1.807, 2.05) is 0 Å². The van der Waals surface area contributed by atoms with Gasteiger partial charge in [-0.05, 0) is 44.5 Å². The molecule has 0 aromatic carbocycles. The molecular formula is C20H22F4N6O2. The van der Waals surface area contributed by atoms with Gasteiger partial charge >= 0.3 is 6.18 Å². The van der Waals surface area contributed by atoms with Crippen LogP contribution in [0.5, 0.6) is 0 Å². The fraction of sp³-hybridized carbons (Fsp3) is 0.500. The number of carbonyl (C=O) groups excluding carboxylic acids is 2. The molecule has 0 aliphatic carbocycles. The van der Waals surface area contributed by atoms with Crippen LogP contribution in [0.1, 0.15) is 31.4 Å². The van der Waals surface area contributed by atoms with Crippen molar-refractivity contribution in [1.82, 2.24) is 29.9 Å². The summed E-state index contributed by atoms with van der Waals surface area (Å²) in [6, 6.07) is 2.66. The van der Waals surface area contributed by atoms with E-state index in [0.717, 1.165) is 12.4 Å². The molecule has 0 unspecified atom stereocenters. The first kappa shape index (κ1) is 22.2. The standard InChI is InChI=1S/C20H22F4N6O2/c1-13(14-2-3-16(26-8-14)30-10-15(21)9-27-30)28-11-17(31)29(12-20(22,23)24)19(18(28)32)4-6-25-7-5-19/h2-3,8-10,13,25H,4-7,11-12H2,1H3/t13-/m0/s1. The second-order valence-corrected chi connectivity index (χ2v) is 8.04. The number of hydrogen-bond donors (Lipinski definition) is 1. The summed E-state index contributed by atoms with van der Waals surface area (Å²) >= 11 is 0. The van der Waals surface area contributed by atoms with Crippen LogP contribution in [0, 0.1) is 5.82 Å². The predicted octanol–water partition coefficient (Wildman–Crippen LogP) is 1.82. The van der Waals surface area contributed by atoms with Crippen molar-refractivity contribution in [2.24, 2.45) is 0 Å². The number of halogens is 4. The van der Waals surface area contributed by atoms with Crippen LogP contribution in [-0.2, 0) is 9.59 Å². The van der Waals surface area contributed by atoms with Crippen LogP contribution in [-0.4, -0.2) is 74.3 Å². The lowest BCUT2D eigenvalue weighted by Gasteiger charge is -2.52. The van der Waals surface area contributed by atoms with Crippen LogP contribution < -0.4 is 5.32 Å². The summed E-state index contributed by atoms with van der Waals surface area (Å²) < 4.78 is 54.0. The van der Waals surface area contributed by atoms with Crippen molar-refractivity contribution in [3.63, 3.8) is 0 Å². The first-order valence-corrected chi connectivity index (χ1v) is 10.2. The average molecular weight is 454 g/mol. The number of hydrogen-bond acceptors (Lipinski definition) is 5. The number of rotatable bonds is 4. The Bertz CT molecular complexity index is 1000. The first-order chi connectivity index (χ1) is 15.1. The van der Waals surface area contributed by atoms with E-state index in [4.69, 9.17) is 0 Å². The Morgan fingerprint density at radius 1 is 1.19 bits per heavy atom. The third-order valence-corrected chi connectivity index (χ3v) is 6.06. The molecule has 0 radical (unpaired) electrons. The van der Waals surface area contributed by atoms with Gasteiger partial charge in [0.1, 0.15) is 18.6 Å². The summed E-state index contributed by atoms with van der Waals surface area (Å²) in [7, 11) is 0. The summed E-state index contributed by atoms with van der Waals surface area (Å²) in [4.78, 5) is 32.6. The SMILES string of the molecule is C[C@@H](c1ccc(-n2cc(F)cn2)nc1)N1CC(=O)N(CC(F)(F)F)C2(CCNCC2)C1=O. The van der Waals surface area contributed by atoms with E-state index >= 15 is 0 Å². The van der Waals surface area contributed by atoms with Crippen LogP contribution in [0.2, 0.25) is 0 Å². The first-order valence-electron chi connectivity index (χ1n) is 10.2. The third-order valence-electron chi connectivity index (χ3n) is 6.06. The molecule has 0 bridgehead atoms. The Morgan fingerprint density at radius 3 is 2.47 bits per heavy atom. The Morgan fingerprint density at radius 2 is 1.91 bits per heavy atom. The average Bonchev–Trinajstić information content (AvgIpc) is 3.20. The Balaban J connectivity index is 1.61. The minimum atomic E-state index is -4.60. The number of aromatic nitrogens is 3. The zero-order valence-electron chi connectivity index (χ0n) is 17.3. The van der Waals surface area contributed by atoms with Crippen molar-refractivity contribution in [3.05, 3.63) is 42.1 Å². The lowest BCUT2D eigenvalue weighted by atomic mass is 9.82. The quantitative estimate of drug-likeness (QED) is 0.713. The predicted molar refractivity (Wildman–Crippen MR) is 104 cm³/mol. The van der Waals surface area contributed by atoms with Gasteiger partial charge in [-0.1, -0.05) is 6.07 Å². The van der Waals surface area contributed by atoms with Gasteiger partial charge in [-0.15, -0.1) is 0 Å². The van der Waals surface area contributed by atoms with E-state index in [1.165, 1.54) is 15.8 Å². The van der Waals surface area contributed by atoms with Gasteiger partial charge in [0, 0.05) is 6.20 Å². The van der Waals surface area contributed by atoms with E-state index in [1.54, 1.807) is 19.1 Å². The smallest absolute Gasteiger partial charge is 0.325 e. The number of nitrogens with zero attached hydrogens (tertiary/aromatic N) is 5. The summed E-state index contributed by atoms with van der Waals surface area (Å²) in [6.07, 6.45) is -0.699. The fourth-order valence-corrected chi connectivity index (χ4v) is 4.37. The molecule has 2 aromatic heterocycles. The molecule has 4 heterocycles. The molecule has 4 rings (SSSR count). The molecule has 8 nitrogen and oxygen atoms in total. The fourth-order valence-electron chi connectivity index (χ4n) is 4.37. The highest BCUT2D eigenvalue weighted by atomic mass is 19.4. The molecule has 2 aliphatic heterocycles. The third kappa shape index (κ3) is 4.06. The van der Waals surface area contributed by atoms with Crippen molar-refractivity contribution >= 4 is 11.8 Å². The molecule has 1 N–H and O–H groups in total. The molecule has 2 aliphatic rings. The maximum Gasteiger partial charge on any atom is 0.406 e. The Kier molecular flexibility index (Phi) is 5.65. The molecule has 32 heavy (non-hydrogen) atoms. The van der Waals surface area contributed by atoms with Crippen LogP contribution in [0.3, 0.4) is 0 Å². The van der Waals surface area contributed by atoms with Gasteiger partial charge in [0.2, 0.25) is 11.8 Å². The van der Waals surface area contributed by atoms with Crippen molar-refractivity contribution in [2.45, 2.75) is 37.5 Å². The molecule has 2 fully saturated rings. The Labute approximate surface area is 181 Å². The van der Waals surface area contributed by atoms with Crippen molar-refractivity contribution in [3.8, 4) is 5.82 Å². The zero-order valence-corrected chi connectivity index (χ0v) is 17.3. The van der Waals surface area contributed by atoms with E-state index < -0.39 is 48.5 Å². The largest absolute Gasteiger partial charge is 0.406 e. The lowest BCUT2D eigenvalue weighted by Crippen LogP contribution is -2.71. The highest BCUT2D eigenvalue weighted by molar-refractivity contribution is 5.98. The topological polar surface area (TPSA) is 83.4 Å². The number of alkyl halides is 3. The van der Waals surface area contributed by atoms with Gasteiger partial charge in [-0.2, -0.15) is 18.3 Å². The molecule has 172 valence electrons. The molecule has 2 saturated heterocycles. The van der Waals surface area contributed by atoms with E-state index in [9.17, 15) is 27.2 Å². The lowest BCUT2D eigenvalue weighted by molar-refractivity contribution is -0.191. The summed E-state index contributed by atoms with van der Waals surface area (Å²) in [5.41, 5.74) is -0.930. The second kappa shape index (κ2) is 8.15. The molecule has 2 amide bonds.